The predicted octanol–water partition coefficient (Wildman–Crippen LogP) is 6.23. The van der Waals surface area contributed by atoms with E-state index in [0.717, 1.165) is 16.8 Å². The third kappa shape index (κ3) is 7.03. The number of ether oxygens (including phenoxy) is 1. The molecule has 3 rings (SSSR count). The molecule has 3 aromatic carbocycles. The Hall–Kier alpha value is -4.01. The maximum absolute atomic E-state index is 12.7. The van der Waals surface area contributed by atoms with Crippen LogP contribution in [-0.2, 0) is 21.5 Å². The van der Waals surface area contributed by atoms with Crippen LogP contribution in [0.2, 0.25) is 0 Å². The number of rotatable bonds is 6. The summed E-state index contributed by atoms with van der Waals surface area (Å²) in [6.45, 7) is 6.27. The van der Waals surface area contributed by atoms with Gasteiger partial charge in [-0.25, -0.2) is 4.79 Å². The Morgan fingerprint density at radius 3 is 1.97 bits per heavy atom. The molecule has 37 heavy (non-hydrogen) atoms. The van der Waals surface area contributed by atoms with Crippen LogP contribution in [0.3, 0.4) is 0 Å². The monoisotopic (exact) mass is 514 g/mol. The lowest BCUT2D eigenvalue weighted by Gasteiger charge is -2.25. The van der Waals surface area contributed by atoms with Crippen LogP contribution in [0.5, 0.6) is 5.75 Å². The topological polar surface area (TPSA) is 70.1 Å². The second-order valence-corrected chi connectivity index (χ2v) is 9.81. The molecule has 0 aromatic heterocycles. The molecule has 0 unspecified atom stereocenters. The number of anilines is 2. The minimum absolute atomic E-state index is 0.0225. The Morgan fingerprint density at radius 2 is 1.49 bits per heavy atom. The van der Waals surface area contributed by atoms with Crippen LogP contribution >= 0.6 is 0 Å². The van der Waals surface area contributed by atoms with Crippen molar-refractivity contribution in [1.29, 1.82) is 0 Å². The van der Waals surface area contributed by atoms with Crippen LogP contribution in [0, 0.1) is 0 Å². The zero-order chi connectivity index (χ0) is 27.5. The minimum Gasteiger partial charge on any atom is -0.474 e. The van der Waals surface area contributed by atoms with Gasteiger partial charge in [-0.3, -0.25) is 9.69 Å². The first-order chi connectivity index (χ1) is 17.2. The minimum atomic E-state index is -4.81. The first kappa shape index (κ1) is 27.6. The van der Waals surface area contributed by atoms with Gasteiger partial charge >= 0.3 is 18.2 Å². The molecule has 0 aliphatic carbocycles. The Labute approximate surface area is 213 Å². The highest BCUT2D eigenvalue weighted by Crippen LogP contribution is 2.36. The Bertz CT molecular complexity index is 1260. The van der Waals surface area contributed by atoms with E-state index in [1.165, 1.54) is 29.2 Å². The average Bonchev–Trinajstić information content (AvgIpc) is 2.81. The second kappa shape index (κ2) is 10.5. The summed E-state index contributed by atoms with van der Waals surface area (Å²) < 4.78 is 41.6. The van der Waals surface area contributed by atoms with Crippen molar-refractivity contribution in [2.24, 2.45) is 0 Å². The highest BCUT2D eigenvalue weighted by molar-refractivity contribution is 6.37. The third-order valence-corrected chi connectivity index (χ3v) is 5.76. The Morgan fingerprint density at radius 1 is 0.892 bits per heavy atom. The predicted molar refractivity (Wildman–Crippen MR) is 137 cm³/mol. The first-order valence-electron chi connectivity index (χ1n) is 11.5. The number of hydrogen-bond acceptors (Lipinski definition) is 4. The summed E-state index contributed by atoms with van der Waals surface area (Å²) in [6.07, 6.45) is -4.81. The summed E-state index contributed by atoms with van der Waals surface area (Å²) in [5.74, 6) is -3.06. The maximum Gasteiger partial charge on any atom is 0.573 e. The van der Waals surface area contributed by atoms with Crippen molar-refractivity contribution in [3.8, 4) is 16.9 Å². The third-order valence-electron chi connectivity index (χ3n) is 5.76. The van der Waals surface area contributed by atoms with E-state index >= 15 is 0 Å². The number of alkyl halides is 3. The molecular formula is C28H29F3N2O4. The van der Waals surface area contributed by atoms with Crippen LogP contribution in [0.4, 0.5) is 24.5 Å². The van der Waals surface area contributed by atoms with E-state index in [-0.39, 0.29) is 17.7 Å². The molecule has 0 spiro atoms. The Kier molecular flexibility index (Phi) is 7.86. The molecule has 0 atom stereocenters. The van der Waals surface area contributed by atoms with Gasteiger partial charge in [0.15, 0.2) is 0 Å². The summed E-state index contributed by atoms with van der Waals surface area (Å²) >= 11 is 0. The molecule has 0 saturated heterocycles. The molecule has 1 N–H and O–H groups in total. The number of halogens is 3. The molecule has 0 radical (unpaired) electrons. The van der Waals surface area contributed by atoms with E-state index in [1.807, 2.05) is 29.2 Å². The van der Waals surface area contributed by atoms with Gasteiger partial charge in [-0.2, -0.15) is 0 Å². The second-order valence-electron chi connectivity index (χ2n) is 9.81. The normalized spacial score (nSPS) is 11.7. The summed E-state index contributed by atoms with van der Waals surface area (Å²) in [5.41, 5.74) is 4.02. The quantitative estimate of drug-likeness (QED) is 0.395. The van der Waals surface area contributed by atoms with Gasteiger partial charge in [-0.05, 0) is 52.4 Å². The maximum atomic E-state index is 12.7. The molecule has 1 amide bonds. The molecule has 0 saturated carbocycles. The number of aliphatic carboxylic acids is 1. The van der Waals surface area contributed by atoms with Gasteiger partial charge in [0.05, 0.1) is 6.54 Å². The van der Waals surface area contributed by atoms with Crippen LogP contribution < -0.4 is 14.5 Å². The zero-order valence-corrected chi connectivity index (χ0v) is 21.3. The van der Waals surface area contributed by atoms with Gasteiger partial charge in [0.1, 0.15) is 5.75 Å². The standard InChI is InChI=1S/C28H29F3N2O4/c1-27(2,3)20-10-6-18(7-11-20)17-33(25(34)26(35)36)21-12-15-24(32(4)5)23(16-21)19-8-13-22(14-9-19)37-28(29,30)31/h6-16H,17H2,1-5H3,(H,35,36). The molecule has 6 nitrogen and oxygen atoms in total. The summed E-state index contributed by atoms with van der Waals surface area (Å²) in [7, 11) is 3.60. The lowest BCUT2D eigenvalue weighted by molar-refractivity contribution is -0.274. The number of carboxylic acid groups (broad SMARTS) is 1. The highest BCUT2D eigenvalue weighted by atomic mass is 19.4. The van der Waals surface area contributed by atoms with Crippen molar-refractivity contribution in [3.05, 3.63) is 77.9 Å². The number of benzene rings is 3. The van der Waals surface area contributed by atoms with Crippen molar-refractivity contribution in [2.75, 3.05) is 23.9 Å². The van der Waals surface area contributed by atoms with Gasteiger partial charge in [0.2, 0.25) is 0 Å². The van der Waals surface area contributed by atoms with Crippen molar-refractivity contribution in [1.82, 2.24) is 0 Å². The van der Waals surface area contributed by atoms with E-state index in [4.69, 9.17) is 0 Å². The SMILES string of the molecule is CN(C)c1ccc(N(Cc2ccc(C(C)(C)C)cc2)C(=O)C(=O)O)cc1-c1ccc(OC(F)(F)F)cc1. The van der Waals surface area contributed by atoms with E-state index in [1.54, 1.807) is 32.3 Å². The van der Waals surface area contributed by atoms with Gasteiger partial charge in [-0.15, -0.1) is 13.2 Å². The molecular weight excluding hydrogens is 485 g/mol. The smallest absolute Gasteiger partial charge is 0.474 e. The van der Waals surface area contributed by atoms with E-state index in [0.29, 0.717) is 16.8 Å². The van der Waals surface area contributed by atoms with Gasteiger partial charge in [0, 0.05) is 31.0 Å². The lowest BCUT2D eigenvalue weighted by atomic mass is 9.87. The fraction of sp³-hybridized carbons (Fsp3) is 0.286. The number of carbonyl (C=O) groups excluding carboxylic acids is 1. The fourth-order valence-corrected chi connectivity index (χ4v) is 3.84. The van der Waals surface area contributed by atoms with Crippen LogP contribution in [0.1, 0.15) is 31.9 Å². The van der Waals surface area contributed by atoms with Gasteiger partial charge < -0.3 is 14.7 Å². The van der Waals surface area contributed by atoms with Crippen LogP contribution in [0.15, 0.2) is 66.7 Å². The molecule has 0 fully saturated rings. The summed E-state index contributed by atoms with van der Waals surface area (Å²) in [6, 6.07) is 18.0. The summed E-state index contributed by atoms with van der Waals surface area (Å²) in [4.78, 5) is 27.4. The van der Waals surface area contributed by atoms with Gasteiger partial charge in [-0.1, -0.05) is 57.2 Å². The number of carboxylic acids is 1. The molecule has 3 aromatic rings. The largest absolute Gasteiger partial charge is 0.573 e. The van der Waals surface area contributed by atoms with E-state index in [2.05, 4.69) is 25.5 Å². The number of amides is 1. The van der Waals surface area contributed by atoms with E-state index < -0.39 is 18.2 Å². The molecule has 0 aliphatic rings. The molecule has 0 aliphatic heterocycles. The van der Waals surface area contributed by atoms with Crippen molar-refractivity contribution in [3.63, 3.8) is 0 Å². The molecule has 196 valence electrons. The molecule has 0 bridgehead atoms. The van der Waals surface area contributed by atoms with E-state index in [9.17, 15) is 27.9 Å². The summed E-state index contributed by atoms with van der Waals surface area (Å²) in [5, 5.41) is 9.49. The van der Waals surface area contributed by atoms with Crippen molar-refractivity contribution >= 4 is 23.3 Å². The lowest BCUT2D eigenvalue weighted by Crippen LogP contribution is -2.36. The number of hydrogen-bond donors (Lipinski definition) is 1. The van der Waals surface area contributed by atoms with Gasteiger partial charge in [0.25, 0.3) is 0 Å². The van der Waals surface area contributed by atoms with Crippen molar-refractivity contribution in [2.45, 2.75) is 39.1 Å². The molecule has 0 heterocycles. The Balaban J connectivity index is 2.03. The van der Waals surface area contributed by atoms with Crippen LogP contribution in [0.25, 0.3) is 11.1 Å². The number of carbonyl (C=O) groups is 2. The first-order valence-corrected chi connectivity index (χ1v) is 11.5. The number of nitrogens with zero attached hydrogens (tertiary/aromatic N) is 2. The fourth-order valence-electron chi connectivity index (χ4n) is 3.84. The van der Waals surface area contributed by atoms with Crippen LogP contribution in [-0.4, -0.2) is 37.4 Å². The highest BCUT2D eigenvalue weighted by Gasteiger charge is 2.31. The molecule has 9 heteroatoms. The zero-order valence-electron chi connectivity index (χ0n) is 21.3. The average molecular weight is 515 g/mol. The van der Waals surface area contributed by atoms with Crippen molar-refractivity contribution < 1.29 is 32.6 Å².